The van der Waals surface area contributed by atoms with Crippen molar-refractivity contribution in [3.05, 3.63) is 12.2 Å². The molecule has 1 heterocycles. The van der Waals surface area contributed by atoms with Gasteiger partial charge in [-0.2, -0.15) is 0 Å². The van der Waals surface area contributed by atoms with Gasteiger partial charge in [0.15, 0.2) is 0 Å². The minimum absolute atomic E-state index is 0.572. The van der Waals surface area contributed by atoms with E-state index in [1.807, 2.05) is 0 Å². The van der Waals surface area contributed by atoms with Gasteiger partial charge in [-0.25, -0.2) is 0 Å². The Balaban J connectivity index is 1.84. The summed E-state index contributed by atoms with van der Waals surface area (Å²) in [5, 5.41) is 0. The Hall–Kier alpha value is -0.790. The lowest BCUT2D eigenvalue weighted by atomic mass is 10.0. The molecule has 0 aromatic heterocycles. The van der Waals surface area contributed by atoms with Crippen molar-refractivity contribution in [1.29, 1.82) is 0 Å². The molecule has 1 rings (SSSR count). The molecule has 0 aromatic rings. The summed E-state index contributed by atoms with van der Waals surface area (Å²) in [6.45, 7) is 8.86. The van der Waals surface area contributed by atoms with Crippen LogP contribution in [0.5, 0.6) is 0 Å². The maximum Gasteiger partial charge on any atom is 0.123 e. The number of amidine groups is 1. The number of hydrogen-bond donors (Lipinski definition) is 0. The van der Waals surface area contributed by atoms with E-state index < -0.39 is 0 Å². The van der Waals surface area contributed by atoms with Crippen LogP contribution in [0.3, 0.4) is 0 Å². The highest BCUT2D eigenvalue weighted by Crippen LogP contribution is 2.13. The second kappa shape index (κ2) is 15.5. The van der Waals surface area contributed by atoms with Gasteiger partial charge in [0.05, 0.1) is 6.54 Å². The summed E-state index contributed by atoms with van der Waals surface area (Å²) in [5.41, 5.74) is 0. The fourth-order valence-corrected chi connectivity index (χ4v) is 3.62. The molecule has 2 heteroatoms. The second-order valence-corrected chi connectivity index (χ2v) is 7.96. The van der Waals surface area contributed by atoms with Crippen molar-refractivity contribution in [2.45, 2.75) is 117 Å². The third-order valence-electron chi connectivity index (χ3n) is 5.27. The second-order valence-electron chi connectivity index (χ2n) is 7.96. The number of unbranched alkanes of at least 4 members (excludes halogenated alkanes) is 13. The summed E-state index contributed by atoms with van der Waals surface area (Å²) in [5.74, 6) is 1.20. The van der Waals surface area contributed by atoms with Gasteiger partial charge in [0, 0.05) is 12.6 Å². The first-order valence-corrected chi connectivity index (χ1v) is 11.2. The smallest absolute Gasteiger partial charge is 0.123 e. The molecule has 0 aliphatic carbocycles. The van der Waals surface area contributed by atoms with Crippen molar-refractivity contribution >= 4 is 5.84 Å². The van der Waals surface area contributed by atoms with Crippen molar-refractivity contribution in [3.8, 4) is 0 Å². The molecule has 0 spiro atoms. The van der Waals surface area contributed by atoms with E-state index in [1.165, 1.54) is 95.7 Å². The summed E-state index contributed by atoms with van der Waals surface area (Å²) >= 11 is 0. The lowest BCUT2D eigenvalue weighted by Crippen LogP contribution is -2.33. The zero-order valence-corrected chi connectivity index (χ0v) is 17.4. The van der Waals surface area contributed by atoms with Crippen LogP contribution in [0, 0.1) is 0 Å². The molecule has 2 nitrogen and oxygen atoms in total. The van der Waals surface area contributed by atoms with Crippen molar-refractivity contribution in [3.63, 3.8) is 0 Å². The van der Waals surface area contributed by atoms with Gasteiger partial charge in [-0.3, -0.25) is 4.99 Å². The number of nitrogens with zero attached hydrogens (tertiary/aromatic N) is 2. The highest BCUT2D eigenvalue weighted by Gasteiger charge is 2.16. The minimum Gasteiger partial charge on any atom is -0.353 e. The van der Waals surface area contributed by atoms with E-state index in [1.54, 1.807) is 0 Å². The third-order valence-corrected chi connectivity index (χ3v) is 5.27. The van der Waals surface area contributed by atoms with Crippen molar-refractivity contribution in [2.75, 3.05) is 13.1 Å². The summed E-state index contributed by atoms with van der Waals surface area (Å²) < 4.78 is 0. The van der Waals surface area contributed by atoms with Crippen LogP contribution in [0.1, 0.15) is 111 Å². The predicted molar refractivity (Wildman–Crippen MR) is 114 cm³/mol. The number of aliphatic imine (C=N–C) groups is 1. The summed E-state index contributed by atoms with van der Waals surface area (Å²) in [7, 11) is 0. The van der Waals surface area contributed by atoms with E-state index in [4.69, 9.17) is 0 Å². The molecule has 0 saturated heterocycles. The molecule has 0 radical (unpaired) electrons. The van der Waals surface area contributed by atoms with Crippen molar-refractivity contribution in [1.82, 2.24) is 4.90 Å². The fourth-order valence-electron chi connectivity index (χ4n) is 3.62. The highest BCUT2D eigenvalue weighted by atomic mass is 15.2. The van der Waals surface area contributed by atoms with Crippen LogP contribution in [0.4, 0.5) is 0 Å². The molecule has 146 valence electrons. The number of rotatable bonds is 16. The topological polar surface area (TPSA) is 15.6 Å². The molecule has 0 amide bonds. The monoisotopic (exact) mass is 348 g/mol. The van der Waals surface area contributed by atoms with Crippen LogP contribution >= 0.6 is 0 Å². The standard InChI is InChI=1S/C23H44N2/c1-4-5-6-7-8-9-10-11-12-13-14-15-16-17-18-19-23-24-20-21-25(23)22(2)3/h18-19,22H,4-17,20-21H2,1-3H3. The average molecular weight is 349 g/mol. The van der Waals surface area contributed by atoms with Crippen molar-refractivity contribution in [2.24, 2.45) is 4.99 Å². The normalized spacial score (nSPS) is 14.9. The van der Waals surface area contributed by atoms with Gasteiger partial charge in [-0.1, -0.05) is 90.0 Å². The zero-order valence-electron chi connectivity index (χ0n) is 17.4. The molecule has 0 unspecified atom stereocenters. The van der Waals surface area contributed by atoms with Gasteiger partial charge < -0.3 is 4.90 Å². The molecule has 1 aliphatic heterocycles. The van der Waals surface area contributed by atoms with E-state index in [0.29, 0.717) is 6.04 Å². The van der Waals surface area contributed by atoms with Gasteiger partial charge in [0.25, 0.3) is 0 Å². The third kappa shape index (κ3) is 11.4. The lowest BCUT2D eigenvalue weighted by molar-refractivity contribution is 0.382. The van der Waals surface area contributed by atoms with Gasteiger partial charge in [-0.05, 0) is 32.8 Å². The maximum atomic E-state index is 4.60. The van der Waals surface area contributed by atoms with Crippen LogP contribution in [-0.2, 0) is 0 Å². The molecule has 0 fully saturated rings. The molecule has 0 bridgehead atoms. The molecule has 1 aliphatic rings. The van der Waals surface area contributed by atoms with Crippen molar-refractivity contribution < 1.29 is 0 Å². The van der Waals surface area contributed by atoms with E-state index in [0.717, 1.165) is 13.1 Å². The van der Waals surface area contributed by atoms with Crippen LogP contribution in [0.15, 0.2) is 17.1 Å². The summed E-state index contributed by atoms with van der Waals surface area (Å²) in [6, 6.07) is 0.572. The SMILES string of the molecule is CCCCCCCCCCCCCCCC=CC1=NCCN1C(C)C. The Bertz CT molecular complexity index is 357. The van der Waals surface area contributed by atoms with Crippen LogP contribution in [-0.4, -0.2) is 29.9 Å². The first kappa shape index (κ1) is 22.3. The highest BCUT2D eigenvalue weighted by molar-refractivity contribution is 5.94. The van der Waals surface area contributed by atoms with Crippen LogP contribution in [0.2, 0.25) is 0 Å². The van der Waals surface area contributed by atoms with E-state index in [9.17, 15) is 0 Å². The number of allylic oxidation sites excluding steroid dienone is 1. The van der Waals surface area contributed by atoms with Crippen LogP contribution in [0.25, 0.3) is 0 Å². The van der Waals surface area contributed by atoms with E-state index >= 15 is 0 Å². The predicted octanol–water partition coefficient (Wildman–Crippen LogP) is 7.15. The molecule has 25 heavy (non-hydrogen) atoms. The van der Waals surface area contributed by atoms with Gasteiger partial charge in [-0.15, -0.1) is 0 Å². The first-order chi connectivity index (χ1) is 12.3. The zero-order chi connectivity index (χ0) is 18.2. The van der Waals surface area contributed by atoms with Gasteiger partial charge in [0.2, 0.25) is 0 Å². The molecule has 0 atom stereocenters. The first-order valence-electron chi connectivity index (χ1n) is 11.2. The summed E-state index contributed by atoms with van der Waals surface area (Å²) in [6.07, 6.45) is 24.4. The van der Waals surface area contributed by atoms with E-state index in [2.05, 4.69) is 42.8 Å². The molecule has 0 N–H and O–H groups in total. The molecule has 0 aromatic carbocycles. The average Bonchev–Trinajstić information content (AvgIpc) is 3.07. The minimum atomic E-state index is 0.572. The van der Waals surface area contributed by atoms with Gasteiger partial charge in [0.1, 0.15) is 5.84 Å². The largest absolute Gasteiger partial charge is 0.353 e. The summed E-state index contributed by atoms with van der Waals surface area (Å²) in [4.78, 5) is 7.00. The Morgan fingerprint density at radius 1 is 0.840 bits per heavy atom. The lowest BCUT2D eigenvalue weighted by Gasteiger charge is -2.22. The maximum absolute atomic E-state index is 4.60. The Kier molecular flexibility index (Phi) is 13.8. The fraction of sp³-hybridized carbons (Fsp3) is 0.870. The molecule has 0 saturated carbocycles. The molecular formula is C23H44N2. The molecular weight excluding hydrogens is 304 g/mol. The Labute approximate surface area is 158 Å². The quantitative estimate of drug-likeness (QED) is 0.270. The Morgan fingerprint density at radius 2 is 1.36 bits per heavy atom. The Morgan fingerprint density at radius 3 is 1.88 bits per heavy atom. The van der Waals surface area contributed by atoms with Gasteiger partial charge >= 0.3 is 0 Å². The number of hydrogen-bond acceptors (Lipinski definition) is 2. The van der Waals surface area contributed by atoms with E-state index in [-0.39, 0.29) is 0 Å². The van der Waals surface area contributed by atoms with Crippen LogP contribution < -0.4 is 0 Å².